The van der Waals surface area contributed by atoms with E-state index in [1.165, 1.54) is 25.6 Å². The molecule has 138 valence electrons. The van der Waals surface area contributed by atoms with Gasteiger partial charge >= 0.3 is 5.97 Å². The second-order valence-electron chi connectivity index (χ2n) is 5.60. The molecule has 2 rings (SSSR count). The normalized spacial score (nSPS) is 16.9. The lowest BCUT2D eigenvalue weighted by atomic mass is 10.1. The Hall–Kier alpha value is -2.32. The summed E-state index contributed by atoms with van der Waals surface area (Å²) in [6.45, 7) is 2.02. The number of aliphatic hydroxyl groups excluding tert-OH is 1. The highest BCUT2D eigenvalue weighted by molar-refractivity contribution is 8.01. The zero-order valence-corrected chi connectivity index (χ0v) is 15.7. The van der Waals surface area contributed by atoms with E-state index < -0.39 is 29.4 Å². The summed E-state index contributed by atoms with van der Waals surface area (Å²) < 4.78 is 4.93. The summed E-state index contributed by atoms with van der Waals surface area (Å²) in [4.78, 5) is 36.3. The van der Waals surface area contributed by atoms with Gasteiger partial charge in [0.15, 0.2) is 5.78 Å². The van der Waals surface area contributed by atoms with E-state index in [9.17, 15) is 19.5 Å². The van der Waals surface area contributed by atoms with Crippen molar-refractivity contribution in [1.29, 1.82) is 5.41 Å². The number of halogens is 1. The van der Waals surface area contributed by atoms with Crippen LogP contribution in [-0.4, -0.2) is 40.3 Å². The van der Waals surface area contributed by atoms with Crippen LogP contribution in [0.4, 0.5) is 5.69 Å². The van der Waals surface area contributed by atoms with Crippen molar-refractivity contribution in [3.05, 3.63) is 34.6 Å². The summed E-state index contributed by atoms with van der Waals surface area (Å²) in [5, 5.41) is 19.8. The highest BCUT2D eigenvalue weighted by Crippen LogP contribution is 2.38. The molecule has 0 bridgehead atoms. The first-order valence-corrected chi connectivity index (χ1v) is 8.86. The number of thioether (sulfide) groups is 1. The summed E-state index contributed by atoms with van der Waals surface area (Å²) in [7, 11) is 0. The smallest absolute Gasteiger partial charge is 0.307 e. The van der Waals surface area contributed by atoms with Gasteiger partial charge in [-0.2, -0.15) is 0 Å². The highest BCUT2D eigenvalue weighted by atomic mass is 35.5. The quantitative estimate of drug-likeness (QED) is 0.294. The van der Waals surface area contributed by atoms with Crippen LogP contribution in [0, 0.1) is 5.41 Å². The number of hydrogen-bond donors (Lipinski definition) is 3. The van der Waals surface area contributed by atoms with Crippen molar-refractivity contribution in [2.45, 2.75) is 30.4 Å². The number of ether oxygens (including phenoxy) is 1. The summed E-state index contributed by atoms with van der Waals surface area (Å²) in [5.41, 5.74) is 0.280. The van der Waals surface area contributed by atoms with Gasteiger partial charge < -0.3 is 20.6 Å². The molecule has 1 aliphatic rings. The Bertz CT molecular complexity index is 805. The molecule has 0 aromatic heterocycles. The third-order valence-corrected chi connectivity index (χ3v) is 5.01. The molecule has 0 spiro atoms. The molecular formula is C17H17ClN2O5S. The molecule has 7 nitrogen and oxygen atoms in total. The number of ketones is 1. The Balaban J connectivity index is 1.99. The molecule has 1 aromatic carbocycles. The molecule has 1 unspecified atom stereocenters. The molecule has 0 radical (unpaired) electrons. The number of rotatable bonds is 6. The number of amides is 1. The van der Waals surface area contributed by atoms with Crippen LogP contribution in [-0.2, 0) is 19.1 Å². The zero-order valence-electron chi connectivity index (χ0n) is 14.1. The summed E-state index contributed by atoms with van der Waals surface area (Å²) in [6, 6.07) is 5.06. The first-order chi connectivity index (χ1) is 12.2. The number of carbonyl (C=O) groups excluding carboxylic acids is 3. The molecule has 3 N–H and O–H groups in total. The maximum absolute atomic E-state index is 12.1. The van der Waals surface area contributed by atoms with Crippen LogP contribution < -0.4 is 5.32 Å². The Morgan fingerprint density at radius 2 is 2.08 bits per heavy atom. The van der Waals surface area contributed by atoms with E-state index in [1.807, 2.05) is 0 Å². The topological polar surface area (TPSA) is 117 Å². The number of esters is 1. The molecule has 26 heavy (non-hydrogen) atoms. The number of benzene rings is 1. The number of aliphatic hydroxyl groups is 1. The first-order valence-electron chi connectivity index (χ1n) is 7.60. The number of anilines is 1. The lowest BCUT2D eigenvalue weighted by molar-refractivity contribution is -0.144. The van der Waals surface area contributed by atoms with Crippen LogP contribution in [0.3, 0.4) is 0 Å². The second kappa shape index (κ2) is 8.37. The lowest BCUT2D eigenvalue weighted by Gasteiger charge is -2.23. The van der Waals surface area contributed by atoms with E-state index in [1.54, 1.807) is 18.2 Å². The lowest BCUT2D eigenvalue weighted by Crippen LogP contribution is -2.31. The van der Waals surface area contributed by atoms with Crippen molar-refractivity contribution in [2.75, 3.05) is 11.9 Å². The van der Waals surface area contributed by atoms with Gasteiger partial charge in [0.2, 0.25) is 5.91 Å². The van der Waals surface area contributed by atoms with Crippen LogP contribution in [0.25, 0.3) is 0 Å². The first kappa shape index (κ1) is 20.0. The predicted octanol–water partition coefficient (Wildman–Crippen LogP) is 3.13. The predicted molar refractivity (Wildman–Crippen MR) is 99.0 cm³/mol. The van der Waals surface area contributed by atoms with Gasteiger partial charge in [0.25, 0.3) is 0 Å². The van der Waals surface area contributed by atoms with Crippen LogP contribution in [0.2, 0.25) is 5.02 Å². The van der Waals surface area contributed by atoms with Gasteiger partial charge in [-0.25, -0.2) is 0 Å². The van der Waals surface area contributed by atoms with Gasteiger partial charge in [-0.1, -0.05) is 11.6 Å². The Labute approximate surface area is 159 Å². The molecule has 0 fully saturated rings. The molecule has 0 aliphatic carbocycles. The van der Waals surface area contributed by atoms with Crippen LogP contribution in [0.1, 0.15) is 20.3 Å². The van der Waals surface area contributed by atoms with Crippen molar-refractivity contribution in [3.8, 4) is 0 Å². The van der Waals surface area contributed by atoms with E-state index in [2.05, 4.69) is 5.32 Å². The fourth-order valence-electron chi connectivity index (χ4n) is 2.37. The van der Waals surface area contributed by atoms with Crippen LogP contribution in [0.15, 0.2) is 34.4 Å². The van der Waals surface area contributed by atoms with E-state index in [-0.39, 0.29) is 23.6 Å². The van der Waals surface area contributed by atoms with Gasteiger partial charge in [0.05, 0.1) is 22.9 Å². The molecule has 0 saturated heterocycles. The Kier molecular flexibility index (Phi) is 6.44. The fraction of sp³-hybridized carbons (Fsp3) is 0.294. The maximum atomic E-state index is 12.1. The summed E-state index contributed by atoms with van der Waals surface area (Å²) in [5.74, 6) is -2.03. The molecule has 1 heterocycles. The van der Waals surface area contributed by atoms with E-state index in [0.29, 0.717) is 10.7 Å². The van der Waals surface area contributed by atoms with Gasteiger partial charge in [-0.05, 0) is 32.0 Å². The fourth-order valence-corrected chi connectivity index (χ4v) is 3.62. The Morgan fingerprint density at radius 1 is 1.38 bits per heavy atom. The highest BCUT2D eigenvalue weighted by Gasteiger charge is 2.30. The van der Waals surface area contributed by atoms with E-state index >= 15 is 0 Å². The molecule has 9 heteroatoms. The summed E-state index contributed by atoms with van der Waals surface area (Å²) in [6.07, 6.45) is -0.204. The number of hydrogen-bond acceptors (Lipinski definition) is 7. The number of allylic oxidation sites excluding steroid dienone is 1. The van der Waals surface area contributed by atoms with Gasteiger partial charge in [0, 0.05) is 15.6 Å². The average molecular weight is 397 g/mol. The van der Waals surface area contributed by atoms with Crippen molar-refractivity contribution in [3.63, 3.8) is 0 Å². The molecular weight excluding hydrogens is 380 g/mol. The largest absolute Gasteiger partial charge is 0.508 e. The van der Waals surface area contributed by atoms with Crippen molar-refractivity contribution in [2.24, 2.45) is 0 Å². The van der Waals surface area contributed by atoms with Crippen molar-refractivity contribution >= 4 is 52.4 Å². The molecule has 1 aromatic rings. The Morgan fingerprint density at radius 3 is 2.69 bits per heavy atom. The molecule has 1 atom stereocenters. The maximum Gasteiger partial charge on any atom is 0.307 e. The van der Waals surface area contributed by atoms with Crippen molar-refractivity contribution < 1.29 is 24.2 Å². The summed E-state index contributed by atoms with van der Waals surface area (Å²) >= 11 is 7.10. The standard InChI is InChI=1S/C17H17ClN2O5S/c1-8(19)16(9(2)21)12(22)7-25-15(23)6-14-17(24)20-11-5-10(18)3-4-13(11)26-14/h3-5,14,19,22H,6-7H2,1-2H3,(H,20,24)/b16-12+,19-8?. The monoisotopic (exact) mass is 396 g/mol. The molecule has 1 amide bonds. The van der Waals surface area contributed by atoms with E-state index in [4.69, 9.17) is 21.7 Å². The third-order valence-electron chi connectivity index (χ3n) is 3.50. The number of nitrogens with one attached hydrogen (secondary N) is 2. The number of Topliss-reactive ketones (excluding diaryl/α,β-unsaturated/α-hetero) is 1. The third kappa shape index (κ3) is 4.86. The van der Waals surface area contributed by atoms with Crippen LogP contribution >= 0.6 is 23.4 Å². The SMILES string of the molecule is CC(=N)/C(C(C)=O)=C(\O)COC(=O)CC1Sc2ccc(Cl)cc2NC1=O. The second-order valence-corrected chi connectivity index (χ2v) is 7.28. The minimum atomic E-state index is -0.702. The molecule has 1 aliphatic heterocycles. The average Bonchev–Trinajstić information content (AvgIpc) is 2.53. The number of carbonyl (C=O) groups is 3. The van der Waals surface area contributed by atoms with Gasteiger partial charge in [0.1, 0.15) is 12.4 Å². The minimum Gasteiger partial charge on any atom is -0.508 e. The number of fused-ring (bicyclic) bond motifs is 1. The molecule has 0 saturated carbocycles. The van der Waals surface area contributed by atoms with Crippen LogP contribution in [0.5, 0.6) is 0 Å². The zero-order chi connectivity index (χ0) is 19.4. The van der Waals surface area contributed by atoms with Gasteiger partial charge in [-0.3, -0.25) is 14.4 Å². The van der Waals surface area contributed by atoms with E-state index in [0.717, 1.165) is 4.90 Å². The minimum absolute atomic E-state index is 0.122. The van der Waals surface area contributed by atoms with Crippen molar-refractivity contribution in [1.82, 2.24) is 0 Å². The van der Waals surface area contributed by atoms with Gasteiger partial charge in [-0.15, -0.1) is 11.8 Å².